The molecule has 1 atom stereocenters. The van der Waals surface area contributed by atoms with Crippen molar-refractivity contribution >= 4 is 46.0 Å². The van der Waals surface area contributed by atoms with Crippen molar-refractivity contribution in [2.75, 3.05) is 49.1 Å². The fourth-order valence-electron chi connectivity index (χ4n) is 9.01. The summed E-state index contributed by atoms with van der Waals surface area (Å²) in [6, 6.07) is 14.8. The molecule has 2 aromatic heterocycles. The van der Waals surface area contributed by atoms with Crippen LogP contribution in [0.15, 0.2) is 65.7 Å². The van der Waals surface area contributed by atoms with Gasteiger partial charge in [-0.3, -0.25) is 29.2 Å². The number of fused-ring (bicyclic) bond motifs is 5. The predicted molar refractivity (Wildman–Crippen MR) is 210 cm³/mol. The summed E-state index contributed by atoms with van der Waals surface area (Å²) >= 11 is 6.49. The number of hydrogen-bond acceptors (Lipinski definition) is 9. The van der Waals surface area contributed by atoms with Crippen LogP contribution in [0.1, 0.15) is 79.4 Å². The van der Waals surface area contributed by atoms with Gasteiger partial charge < -0.3 is 9.80 Å². The number of carbonyl (C=O) groups is 2. The standard InChI is InChI=1S/C42H41ClF2N8O3/c1-42(2)29-8-6-26(18-34(29)53-33-5-3-4-30(43)37(33)39(56)49-40(42)53)25-10-12-52(13-11-25)41-46-21-24(22-47-41)23-50-14-16-51(17-15-50)27-19-31(44)36(32(45)20-27)28-7-9-35(54)48-38(28)55/h3-6,8,18-22,25,28H,7,9-17,23H2,1-2H3,(H,48,54,55). The third-order valence-electron chi connectivity index (χ3n) is 12.1. The molecule has 0 aliphatic carbocycles. The lowest BCUT2D eigenvalue weighted by Crippen LogP contribution is -2.46. The van der Waals surface area contributed by atoms with Gasteiger partial charge >= 0.3 is 0 Å². The van der Waals surface area contributed by atoms with Crippen LogP contribution in [0, 0.1) is 11.6 Å². The van der Waals surface area contributed by atoms with E-state index in [1.165, 1.54) is 17.7 Å². The van der Waals surface area contributed by atoms with Gasteiger partial charge in [0.1, 0.15) is 17.5 Å². The largest absolute Gasteiger partial charge is 0.369 e. The van der Waals surface area contributed by atoms with E-state index in [0.717, 1.165) is 54.1 Å². The van der Waals surface area contributed by atoms with Crippen molar-refractivity contribution in [2.24, 2.45) is 0 Å². The van der Waals surface area contributed by atoms with Crippen LogP contribution in [-0.4, -0.2) is 75.5 Å². The first-order chi connectivity index (χ1) is 27.0. The Kier molecular flexibility index (Phi) is 9.12. The third-order valence-corrected chi connectivity index (χ3v) is 12.4. The summed E-state index contributed by atoms with van der Waals surface area (Å²) in [5.41, 5.74) is 4.65. The minimum absolute atomic E-state index is 0.0530. The molecule has 0 radical (unpaired) electrons. The molecule has 0 spiro atoms. The molecule has 3 aromatic carbocycles. The number of nitrogens with one attached hydrogen (secondary N) is 1. The van der Waals surface area contributed by atoms with E-state index in [1.807, 2.05) is 29.4 Å². The summed E-state index contributed by atoms with van der Waals surface area (Å²) in [6.07, 6.45) is 5.81. The lowest BCUT2D eigenvalue weighted by atomic mass is 9.83. The van der Waals surface area contributed by atoms with Crippen molar-refractivity contribution in [3.63, 3.8) is 0 Å². The van der Waals surface area contributed by atoms with Gasteiger partial charge in [-0.15, -0.1) is 0 Å². The normalized spacial score (nSPS) is 20.0. The van der Waals surface area contributed by atoms with Gasteiger partial charge in [0.15, 0.2) is 0 Å². The van der Waals surface area contributed by atoms with Crippen molar-refractivity contribution in [3.05, 3.63) is 116 Å². The second-order valence-corrected chi connectivity index (χ2v) is 16.3. The van der Waals surface area contributed by atoms with E-state index in [0.29, 0.717) is 60.7 Å². The van der Waals surface area contributed by atoms with Crippen LogP contribution < -0.4 is 20.7 Å². The smallest absolute Gasteiger partial charge is 0.282 e. The molecule has 0 bridgehead atoms. The van der Waals surface area contributed by atoms with Gasteiger partial charge in [-0.1, -0.05) is 29.8 Å². The second-order valence-electron chi connectivity index (χ2n) is 15.9. The molecular weight excluding hydrogens is 738 g/mol. The van der Waals surface area contributed by atoms with Crippen LogP contribution in [0.3, 0.4) is 0 Å². The number of amides is 2. The number of nitrogens with zero attached hydrogens (tertiary/aromatic N) is 7. The second kappa shape index (κ2) is 14.0. The molecule has 4 aliphatic rings. The average Bonchev–Trinajstić information content (AvgIpc) is 3.41. The van der Waals surface area contributed by atoms with Gasteiger partial charge in [0.05, 0.1) is 32.9 Å². The number of anilines is 2. The first-order valence-electron chi connectivity index (χ1n) is 19.2. The highest BCUT2D eigenvalue weighted by molar-refractivity contribution is 6.35. The Balaban J connectivity index is 0.812. The number of rotatable bonds is 6. The highest BCUT2D eigenvalue weighted by atomic mass is 35.5. The maximum atomic E-state index is 15.2. The van der Waals surface area contributed by atoms with Gasteiger partial charge in [-0.2, -0.15) is 4.98 Å². The van der Waals surface area contributed by atoms with Crippen LogP contribution in [0.5, 0.6) is 0 Å². The molecule has 288 valence electrons. The Hall–Kier alpha value is -5.27. The Morgan fingerprint density at radius 1 is 0.875 bits per heavy atom. The lowest BCUT2D eigenvalue weighted by Gasteiger charge is -2.36. The molecule has 2 amide bonds. The molecular formula is C42H41ClF2N8O3. The SMILES string of the molecule is CC1(C)c2ccc(C3CCN(c4ncc(CN5CCN(c6cc(F)c(C7CCC(=O)NC7=O)c(F)c6)CC5)cn4)CC3)cc2-n2c1nc(=O)c1c(Cl)cccc12. The molecule has 3 saturated heterocycles. The monoisotopic (exact) mass is 778 g/mol. The topological polar surface area (TPSA) is 117 Å². The Morgan fingerprint density at radius 3 is 2.29 bits per heavy atom. The first-order valence-corrected chi connectivity index (χ1v) is 19.6. The van der Waals surface area contributed by atoms with E-state index in [-0.39, 0.29) is 24.0 Å². The summed E-state index contributed by atoms with van der Waals surface area (Å²) in [5.74, 6) is -1.84. The van der Waals surface area contributed by atoms with E-state index in [9.17, 15) is 14.4 Å². The molecule has 1 N–H and O–H groups in total. The van der Waals surface area contributed by atoms with Crippen molar-refractivity contribution in [2.45, 2.75) is 63.3 Å². The maximum Gasteiger partial charge on any atom is 0.282 e. The number of piperazine rings is 1. The molecule has 0 saturated carbocycles. The number of aromatic nitrogens is 4. The van der Waals surface area contributed by atoms with Crippen molar-refractivity contribution in [3.8, 4) is 5.69 Å². The molecule has 14 heteroatoms. The van der Waals surface area contributed by atoms with Gasteiger partial charge in [0, 0.05) is 81.4 Å². The van der Waals surface area contributed by atoms with Gasteiger partial charge in [0.25, 0.3) is 5.56 Å². The molecule has 4 aliphatic heterocycles. The zero-order valence-corrected chi connectivity index (χ0v) is 32.0. The quantitative estimate of drug-likeness (QED) is 0.208. The van der Waals surface area contributed by atoms with Crippen molar-refractivity contribution < 1.29 is 18.4 Å². The highest BCUT2D eigenvalue weighted by Crippen LogP contribution is 2.45. The summed E-state index contributed by atoms with van der Waals surface area (Å²) in [5, 5.41) is 3.03. The van der Waals surface area contributed by atoms with E-state index < -0.39 is 34.8 Å². The number of hydrogen-bond donors (Lipinski definition) is 1. The van der Waals surface area contributed by atoms with Crippen LogP contribution >= 0.6 is 11.6 Å². The van der Waals surface area contributed by atoms with E-state index >= 15 is 8.78 Å². The minimum atomic E-state index is -1.02. The van der Waals surface area contributed by atoms with Crippen molar-refractivity contribution in [1.82, 2.24) is 29.7 Å². The minimum Gasteiger partial charge on any atom is -0.369 e. The van der Waals surface area contributed by atoms with E-state index in [1.54, 1.807) is 6.07 Å². The Morgan fingerprint density at radius 2 is 1.59 bits per heavy atom. The fraction of sp³-hybridized carbons (Fsp3) is 0.381. The zero-order chi connectivity index (χ0) is 38.9. The number of carbonyl (C=O) groups excluding carboxylic acids is 2. The van der Waals surface area contributed by atoms with E-state index in [4.69, 9.17) is 21.6 Å². The van der Waals surface area contributed by atoms with Crippen LogP contribution in [0.4, 0.5) is 20.4 Å². The summed E-state index contributed by atoms with van der Waals surface area (Å²) in [6.45, 7) is 9.09. The third kappa shape index (κ3) is 6.30. The summed E-state index contributed by atoms with van der Waals surface area (Å²) < 4.78 is 32.4. The van der Waals surface area contributed by atoms with Crippen LogP contribution in [0.2, 0.25) is 5.02 Å². The number of benzene rings is 3. The molecule has 11 nitrogen and oxygen atoms in total. The number of imide groups is 1. The molecule has 9 rings (SSSR count). The van der Waals surface area contributed by atoms with E-state index in [2.05, 4.69) is 56.7 Å². The molecule has 5 aromatic rings. The average molecular weight is 779 g/mol. The molecule has 56 heavy (non-hydrogen) atoms. The molecule has 1 unspecified atom stereocenters. The maximum absolute atomic E-state index is 15.2. The predicted octanol–water partition coefficient (Wildman–Crippen LogP) is 5.97. The zero-order valence-electron chi connectivity index (χ0n) is 31.2. The Labute approximate surface area is 327 Å². The fourth-order valence-corrected chi connectivity index (χ4v) is 9.26. The van der Waals surface area contributed by atoms with Crippen LogP contribution in [-0.2, 0) is 21.5 Å². The number of halogens is 3. The summed E-state index contributed by atoms with van der Waals surface area (Å²) in [7, 11) is 0. The molecule has 6 heterocycles. The lowest BCUT2D eigenvalue weighted by molar-refractivity contribution is -0.134. The van der Waals surface area contributed by atoms with Crippen LogP contribution in [0.25, 0.3) is 16.6 Å². The van der Waals surface area contributed by atoms with Gasteiger partial charge in [-0.25, -0.2) is 18.7 Å². The number of piperidine rings is 2. The Bertz CT molecular complexity index is 2430. The molecule has 3 fully saturated rings. The summed E-state index contributed by atoms with van der Waals surface area (Å²) in [4.78, 5) is 57.2. The highest BCUT2D eigenvalue weighted by Gasteiger charge is 2.39. The van der Waals surface area contributed by atoms with Gasteiger partial charge in [0.2, 0.25) is 17.8 Å². The van der Waals surface area contributed by atoms with Crippen molar-refractivity contribution in [1.29, 1.82) is 0 Å². The van der Waals surface area contributed by atoms with Gasteiger partial charge in [-0.05, 0) is 80.5 Å². The first kappa shape index (κ1) is 36.4.